The number of carboxylic acid groups (broad SMARTS) is 1. The summed E-state index contributed by atoms with van der Waals surface area (Å²) < 4.78 is 12.9. The van der Waals surface area contributed by atoms with Gasteiger partial charge in [0.05, 0.1) is 5.51 Å². The number of hydrogen-bond acceptors (Lipinski definition) is 4. The molecule has 0 saturated heterocycles. The van der Waals surface area contributed by atoms with E-state index in [-0.39, 0.29) is 11.5 Å². The minimum absolute atomic E-state index is 0.0424. The third-order valence-electron chi connectivity index (χ3n) is 2.75. The predicted molar refractivity (Wildman–Crippen MR) is 72.4 cm³/mol. The number of halogens is 1. The second kappa shape index (κ2) is 5.79. The normalized spacial score (nSPS) is 10.4. The Hall–Kier alpha value is -1.95. The van der Waals surface area contributed by atoms with Crippen LogP contribution in [0.2, 0.25) is 0 Å². The molecule has 0 fully saturated rings. The zero-order chi connectivity index (χ0) is 13.8. The van der Waals surface area contributed by atoms with Crippen LogP contribution in [0, 0.1) is 12.7 Å². The van der Waals surface area contributed by atoms with Gasteiger partial charge in [-0.25, -0.2) is 14.2 Å². The highest BCUT2D eigenvalue weighted by atomic mass is 32.1. The van der Waals surface area contributed by atoms with E-state index in [1.165, 1.54) is 29.0 Å². The molecule has 6 heteroatoms. The second-order valence-corrected chi connectivity index (χ2v) is 4.94. The van der Waals surface area contributed by atoms with Gasteiger partial charge in [0.2, 0.25) is 0 Å². The average molecular weight is 280 g/mol. The first kappa shape index (κ1) is 13.5. The van der Waals surface area contributed by atoms with Crippen molar-refractivity contribution in [2.75, 3.05) is 11.9 Å². The number of aromatic carboxylic acids is 1. The van der Waals surface area contributed by atoms with Crippen LogP contribution in [0.1, 0.15) is 21.6 Å². The van der Waals surface area contributed by atoms with Crippen molar-refractivity contribution in [1.29, 1.82) is 0 Å². The van der Waals surface area contributed by atoms with Gasteiger partial charge < -0.3 is 10.4 Å². The number of thiazole rings is 1. The van der Waals surface area contributed by atoms with Gasteiger partial charge >= 0.3 is 5.97 Å². The summed E-state index contributed by atoms with van der Waals surface area (Å²) in [6.07, 6.45) is 0.697. The Morgan fingerprint density at radius 2 is 2.32 bits per heavy atom. The van der Waals surface area contributed by atoms with E-state index in [1.54, 1.807) is 6.07 Å². The summed E-state index contributed by atoms with van der Waals surface area (Å²) in [5, 5.41) is 12.5. The molecule has 1 heterocycles. The smallest absolute Gasteiger partial charge is 0.357 e. The molecule has 0 radical (unpaired) electrons. The van der Waals surface area contributed by atoms with Gasteiger partial charge in [-0.2, -0.15) is 0 Å². The van der Waals surface area contributed by atoms with E-state index in [1.807, 2.05) is 6.92 Å². The van der Waals surface area contributed by atoms with Crippen LogP contribution in [0.4, 0.5) is 9.39 Å². The molecule has 19 heavy (non-hydrogen) atoms. The van der Waals surface area contributed by atoms with Crippen molar-refractivity contribution >= 4 is 22.3 Å². The van der Waals surface area contributed by atoms with Gasteiger partial charge in [-0.1, -0.05) is 6.07 Å². The number of carbonyl (C=O) groups is 1. The Morgan fingerprint density at radius 1 is 1.53 bits per heavy atom. The first-order valence-electron chi connectivity index (χ1n) is 5.73. The fourth-order valence-electron chi connectivity index (χ4n) is 1.77. The number of anilines is 1. The fourth-order valence-corrected chi connectivity index (χ4v) is 2.47. The maximum atomic E-state index is 12.9. The molecule has 2 rings (SSSR count). The van der Waals surface area contributed by atoms with Gasteiger partial charge in [-0.05, 0) is 36.6 Å². The molecule has 100 valence electrons. The minimum atomic E-state index is -1.04. The Bertz CT molecular complexity index is 598. The molecule has 0 amide bonds. The summed E-state index contributed by atoms with van der Waals surface area (Å²) in [6.45, 7) is 2.43. The van der Waals surface area contributed by atoms with Crippen molar-refractivity contribution in [3.63, 3.8) is 0 Å². The zero-order valence-corrected chi connectivity index (χ0v) is 11.1. The lowest BCUT2D eigenvalue weighted by Crippen LogP contribution is -2.08. The monoisotopic (exact) mass is 280 g/mol. The van der Waals surface area contributed by atoms with E-state index in [9.17, 15) is 9.18 Å². The highest BCUT2D eigenvalue weighted by molar-refractivity contribution is 7.14. The molecule has 1 aromatic heterocycles. The quantitative estimate of drug-likeness (QED) is 0.884. The number of carboxylic acids is 1. The van der Waals surface area contributed by atoms with Crippen molar-refractivity contribution in [2.45, 2.75) is 13.3 Å². The average Bonchev–Trinajstić information content (AvgIpc) is 2.80. The lowest BCUT2D eigenvalue weighted by molar-refractivity contribution is 0.0692. The van der Waals surface area contributed by atoms with Crippen LogP contribution in [-0.2, 0) is 6.42 Å². The van der Waals surface area contributed by atoms with Crippen molar-refractivity contribution in [1.82, 2.24) is 4.98 Å². The van der Waals surface area contributed by atoms with Gasteiger partial charge in [0.1, 0.15) is 10.8 Å². The summed E-state index contributed by atoms with van der Waals surface area (Å²) in [7, 11) is 0. The third kappa shape index (κ3) is 3.29. The topological polar surface area (TPSA) is 62.2 Å². The molecule has 0 spiro atoms. The molecular weight excluding hydrogens is 267 g/mol. The molecule has 1 aromatic carbocycles. The Balaban J connectivity index is 1.96. The zero-order valence-electron chi connectivity index (χ0n) is 10.3. The molecule has 0 saturated carbocycles. The van der Waals surface area contributed by atoms with Crippen molar-refractivity contribution in [3.8, 4) is 0 Å². The van der Waals surface area contributed by atoms with E-state index in [2.05, 4.69) is 10.3 Å². The maximum Gasteiger partial charge on any atom is 0.357 e. The Labute approximate surface area is 113 Å². The van der Waals surface area contributed by atoms with Crippen LogP contribution in [0.25, 0.3) is 0 Å². The predicted octanol–water partition coefficient (Wildman–Crippen LogP) is 2.94. The summed E-state index contributed by atoms with van der Waals surface area (Å²) >= 11 is 1.26. The summed E-state index contributed by atoms with van der Waals surface area (Å²) in [5.74, 6) is -1.29. The summed E-state index contributed by atoms with van der Waals surface area (Å²) in [5.41, 5.74) is 3.47. The van der Waals surface area contributed by atoms with E-state index in [4.69, 9.17) is 5.11 Å². The molecule has 0 aliphatic carbocycles. The van der Waals surface area contributed by atoms with Crippen molar-refractivity contribution in [2.24, 2.45) is 0 Å². The third-order valence-corrected chi connectivity index (χ3v) is 3.54. The SMILES string of the molecule is Cc1cc(F)ccc1CCNc1scnc1C(=O)O. The van der Waals surface area contributed by atoms with Gasteiger partial charge in [0, 0.05) is 6.54 Å². The van der Waals surface area contributed by atoms with Crippen molar-refractivity contribution in [3.05, 3.63) is 46.3 Å². The molecule has 0 bridgehead atoms. The van der Waals surface area contributed by atoms with Crippen LogP contribution < -0.4 is 5.32 Å². The van der Waals surface area contributed by atoms with E-state index >= 15 is 0 Å². The fraction of sp³-hybridized carbons (Fsp3) is 0.231. The summed E-state index contributed by atoms with van der Waals surface area (Å²) in [4.78, 5) is 14.6. The number of aromatic nitrogens is 1. The van der Waals surface area contributed by atoms with Crippen LogP contribution >= 0.6 is 11.3 Å². The highest BCUT2D eigenvalue weighted by Crippen LogP contribution is 2.20. The molecule has 2 aromatic rings. The first-order valence-corrected chi connectivity index (χ1v) is 6.61. The molecule has 0 unspecified atom stereocenters. The van der Waals surface area contributed by atoms with Gasteiger partial charge in [-0.3, -0.25) is 0 Å². The molecule has 2 N–H and O–H groups in total. The number of nitrogens with one attached hydrogen (secondary N) is 1. The summed E-state index contributed by atoms with van der Waals surface area (Å²) in [6, 6.07) is 4.67. The van der Waals surface area contributed by atoms with E-state index < -0.39 is 5.97 Å². The standard InChI is InChI=1S/C13H13FN2O2S/c1-8-6-10(14)3-2-9(8)4-5-15-12-11(13(17)18)16-7-19-12/h2-3,6-7,15H,4-5H2,1H3,(H,17,18). The molecule has 0 aliphatic rings. The minimum Gasteiger partial charge on any atom is -0.476 e. The number of benzene rings is 1. The van der Waals surface area contributed by atoms with Gasteiger partial charge in [0.25, 0.3) is 0 Å². The lowest BCUT2D eigenvalue weighted by atomic mass is 10.1. The molecular formula is C13H13FN2O2S. The maximum absolute atomic E-state index is 12.9. The first-order chi connectivity index (χ1) is 9.08. The molecule has 0 atom stereocenters. The number of aryl methyl sites for hydroxylation is 1. The molecule has 0 aliphatic heterocycles. The van der Waals surface area contributed by atoms with E-state index in [0.717, 1.165) is 11.1 Å². The van der Waals surface area contributed by atoms with Gasteiger partial charge in [0.15, 0.2) is 5.69 Å². The van der Waals surface area contributed by atoms with E-state index in [0.29, 0.717) is 18.0 Å². The second-order valence-electron chi connectivity index (χ2n) is 4.08. The van der Waals surface area contributed by atoms with Gasteiger partial charge in [-0.15, -0.1) is 11.3 Å². The molecule has 4 nitrogen and oxygen atoms in total. The van der Waals surface area contributed by atoms with Crippen LogP contribution in [0.15, 0.2) is 23.7 Å². The number of nitrogens with zero attached hydrogens (tertiary/aromatic N) is 1. The lowest BCUT2D eigenvalue weighted by Gasteiger charge is -2.07. The van der Waals surface area contributed by atoms with Crippen LogP contribution in [0.3, 0.4) is 0 Å². The number of rotatable bonds is 5. The largest absolute Gasteiger partial charge is 0.476 e. The van der Waals surface area contributed by atoms with Crippen molar-refractivity contribution < 1.29 is 14.3 Å². The van der Waals surface area contributed by atoms with Crippen LogP contribution in [0.5, 0.6) is 0 Å². The highest BCUT2D eigenvalue weighted by Gasteiger charge is 2.12. The Morgan fingerprint density at radius 3 is 3.00 bits per heavy atom. The Kier molecular flexibility index (Phi) is 4.11. The van der Waals surface area contributed by atoms with Crippen LogP contribution in [-0.4, -0.2) is 22.6 Å². The number of hydrogen-bond donors (Lipinski definition) is 2.